The minimum Gasteiger partial charge on any atom is -0.347 e. The third kappa shape index (κ3) is 2.05. The van der Waals surface area contributed by atoms with E-state index in [0.717, 1.165) is 43.3 Å². The van der Waals surface area contributed by atoms with E-state index in [2.05, 4.69) is 33.8 Å². The van der Waals surface area contributed by atoms with Gasteiger partial charge in [-0.05, 0) is 80.0 Å². The Balaban J connectivity index is 1.44. The van der Waals surface area contributed by atoms with E-state index in [1.807, 2.05) is 0 Å². The molecule has 0 bridgehead atoms. The average molecular weight is 345 g/mol. The Hall–Kier alpha value is -0.340. The van der Waals surface area contributed by atoms with E-state index >= 15 is 0 Å². The lowest BCUT2D eigenvalue weighted by molar-refractivity contribution is -0.262. The topological polar surface area (TPSA) is 18.5 Å². The van der Waals surface area contributed by atoms with Gasteiger partial charge in [0.05, 0.1) is 13.2 Å². The summed E-state index contributed by atoms with van der Waals surface area (Å²) in [7, 11) is 0. The van der Waals surface area contributed by atoms with Crippen LogP contribution in [0.5, 0.6) is 0 Å². The lowest BCUT2D eigenvalue weighted by Gasteiger charge is -2.63. The van der Waals surface area contributed by atoms with Gasteiger partial charge in [0, 0.05) is 12.3 Å². The van der Waals surface area contributed by atoms with Crippen LogP contribution in [0.25, 0.3) is 0 Å². The fourth-order valence-corrected chi connectivity index (χ4v) is 8.31. The molecule has 5 rings (SSSR count). The molecule has 0 N–H and O–H groups in total. The molecule has 2 nitrogen and oxygen atoms in total. The first-order valence-corrected chi connectivity index (χ1v) is 10.9. The molecule has 1 aliphatic heterocycles. The molecule has 0 aromatic carbocycles. The van der Waals surface area contributed by atoms with Crippen molar-refractivity contribution in [2.75, 3.05) is 13.2 Å². The van der Waals surface area contributed by atoms with Gasteiger partial charge in [0.2, 0.25) is 0 Å². The normalized spacial score (nSPS) is 53.9. The lowest BCUT2D eigenvalue weighted by atomic mass is 9.43. The summed E-state index contributed by atoms with van der Waals surface area (Å²) in [6.45, 7) is 11.6. The van der Waals surface area contributed by atoms with Crippen molar-refractivity contribution in [3.8, 4) is 0 Å². The third-order valence-corrected chi connectivity index (χ3v) is 10.00. The van der Waals surface area contributed by atoms with Crippen LogP contribution in [0.1, 0.15) is 72.6 Å². The predicted molar refractivity (Wildman–Crippen MR) is 100 cm³/mol. The van der Waals surface area contributed by atoms with Crippen molar-refractivity contribution in [2.24, 2.45) is 40.4 Å². The van der Waals surface area contributed by atoms with E-state index in [9.17, 15) is 0 Å². The van der Waals surface area contributed by atoms with Gasteiger partial charge in [-0.1, -0.05) is 32.4 Å². The molecular formula is C23H36O2. The summed E-state index contributed by atoms with van der Waals surface area (Å²) in [6, 6.07) is 0. The fourth-order valence-electron chi connectivity index (χ4n) is 8.31. The largest absolute Gasteiger partial charge is 0.347 e. The molecule has 0 aromatic heterocycles. The van der Waals surface area contributed by atoms with Gasteiger partial charge in [-0.15, -0.1) is 0 Å². The highest BCUT2D eigenvalue weighted by Crippen LogP contribution is 2.68. The summed E-state index contributed by atoms with van der Waals surface area (Å²) in [5, 5.41) is 0. The molecule has 1 heterocycles. The van der Waals surface area contributed by atoms with E-state index in [0.29, 0.717) is 16.7 Å². The third-order valence-electron chi connectivity index (χ3n) is 10.00. The summed E-state index contributed by atoms with van der Waals surface area (Å²) in [6.07, 6.45) is 12.0. The van der Waals surface area contributed by atoms with Gasteiger partial charge < -0.3 is 9.47 Å². The second-order valence-corrected chi connectivity index (χ2v) is 10.4. The van der Waals surface area contributed by atoms with E-state index in [4.69, 9.17) is 9.47 Å². The standard InChI is InChI=1S/C23H36O2/c1-15-5-7-19-17-6-8-18-16(2)23(24-13-14-25-23)12-11-22(18,4)20(17)9-10-21(15,19)3/h5,16-20H,6-14H2,1-4H3. The Morgan fingerprint density at radius 1 is 0.920 bits per heavy atom. The SMILES string of the molecule is CC1=CCC2C3CCC4C(C)C5(CCC4(C)C3CCC12C)OCCO5. The number of allylic oxidation sites excluding steroid dienone is 2. The molecule has 25 heavy (non-hydrogen) atoms. The highest BCUT2D eigenvalue weighted by Gasteiger charge is 2.62. The second kappa shape index (κ2) is 5.35. The predicted octanol–water partition coefficient (Wildman–Crippen LogP) is 5.57. The Morgan fingerprint density at radius 3 is 2.44 bits per heavy atom. The van der Waals surface area contributed by atoms with E-state index < -0.39 is 0 Å². The first-order chi connectivity index (χ1) is 11.9. The van der Waals surface area contributed by atoms with Crippen LogP contribution >= 0.6 is 0 Å². The van der Waals surface area contributed by atoms with Crippen LogP contribution in [0, 0.1) is 40.4 Å². The van der Waals surface area contributed by atoms with Crippen molar-refractivity contribution >= 4 is 0 Å². The van der Waals surface area contributed by atoms with Gasteiger partial charge in [0.15, 0.2) is 5.79 Å². The Labute approximate surface area is 153 Å². The highest BCUT2D eigenvalue weighted by molar-refractivity contribution is 5.24. The maximum atomic E-state index is 6.19. The van der Waals surface area contributed by atoms with E-state index in [-0.39, 0.29) is 5.79 Å². The van der Waals surface area contributed by atoms with Crippen LogP contribution in [-0.2, 0) is 9.47 Å². The lowest BCUT2D eigenvalue weighted by Crippen LogP contribution is -2.59. The van der Waals surface area contributed by atoms with Crippen LogP contribution in [0.4, 0.5) is 0 Å². The van der Waals surface area contributed by atoms with Crippen molar-refractivity contribution < 1.29 is 9.47 Å². The van der Waals surface area contributed by atoms with Gasteiger partial charge in [-0.25, -0.2) is 0 Å². The summed E-state index contributed by atoms with van der Waals surface area (Å²) < 4.78 is 12.4. The van der Waals surface area contributed by atoms with Crippen LogP contribution in [0.3, 0.4) is 0 Å². The zero-order valence-corrected chi connectivity index (χ0v) is 16.6. The van der Waals surface area contributed by atoms with Gasteiger partial charge >= 0.3 is 0 Å². The summed E-state index contributed by atoms with van der Waals surface area (Å²) >= 11 is 0. The Bertz CT molecular complexity index is 589. The summed E-state index contributed by atoms with van der Waals surface area (Å²) in [5.41, 5.74) is 2.69. The number of fused-ring (bicyclic) bond motifs is 5. The Morgan fingerprint density at radius 2 is 1.68 bits per heavy atom. The molecule has 1 saturated heterocycles. The van der Waals surface area contributed by atoms with Crippen molar-refractivity contribution in [1.82, 2.24) is 0 Å². The molecular weight excluding hydrogens is 308 g/mol. The molecule has 7 unspecified atom stereocenters. The zero-order chi connectivity index (χ0) is 17.4. The summed E-state index contributed by atoms with van der Waals surface area (Å²) in [5.74, 6) is 3.86. The molecule has 7 atom stereocenters. The van der Waals surface area contributed by atoms with Crippen LogP contribution in [0.15, 0.2) is 11.6 Å². The first kappa shape index (κ1) is 16.8. The maximum absolute atomic E-state index is 6.19. The molecule has 2 heteroatoms. The van der Waals surface area contributed by atoms with Gasteiger partial charge in [-0.2, -0.15) is 0 Å². The molecule has 3 saturated carbocycles. The molecule has 0 aromatic rings. The molecule has 5 aliphatic rings. The molecule has 0 amide bonds. The van der Waals surface area contributed by atoms with Crippen molar-refractivity contribution in [3.05, 3.63) is 11.6 Å². The van der Waals surface area contributed by atoms with Crippen molar-refractivity contribution in [1.29, 1.82) is 0 Å². The van der Waals surface area contributed by atoms with Crippen molar-refractivity contribution in [2.45, 2.75) is 78.4 Å². The van der Waals surface area contributed by atoms with Gasteiger partial charge in [0.25, 0.3) is 0 Å². The number of ether oxygens (including phenoxy) is 2. The summed E-state index contributed by atoms with van der Waals surface area (Å²) in [4.78, 5) is 0. The maximum Gasteiger partial charge on any atom is 0.171 e. The monoisotopic (exact) mass is 344 g/mol. The Kier molecular flexibility index (Phi) is 3.60. The molecule has 140 valence electrons. The molecule has 1 spiro atoms. The molecule has 4 aliphatic carbocycles. The number of rotatable bonds is 0. The zero-order valence-electron chi connectivity index (χ0n) is 16.6. The molecule has 4 fully saturated rings. The van der Waals surface area contributed by atoms with Crippen LogP contribution in [-0.4, -0.2) is 19.0 Å². The van der Waals surface area contributed by atoms with Gasteiger partial charge in [0.1, 0.15) is 0 Å². The molecule has 0 radical (unpaired) electrons. The fraction of sp³-hybridized carbons (Fsp3) is 0.913. The van der Waals surface area contributed by atoms with Crippen LogP contribution < -0.4 is 0 Å². The van der Waals surface area contributed by atoms with Crippen LogP contribution in [0.2, 0.25) is 0 Å². The first-order valence-electron chi connectivity index (χ1n) is 10.9. The smallest absolute Gasteiger partial charge is 0.171 e. The van der Waals surface area contributed by atoms with Gasteiger partial charge in [-0.3, -0.25) is 0 Å². The van der Waals surface area contributed by atoms with E-state index in [1.54, 1.807) is 5.57 Å². The number of hydrogen-bond donors (Lipinski definition) is 0. The van der Waals surface area contributed by atoms with Crippen molar-refractivity contribution in [3.63, 3.8) is 0 Å². The average Bonchev–Trinajstić information content (AvgIpc) is 3.18. The quantitative estimate of drug-likeness (QED) is 0.535. The highest BCUT2D eigenvalue weighted by atomic mass is 16.7. The second-order valence-electron chi connectivity index (χ2n) is 10.4. The van der Waals surface area contributed by atoms with E-state index in [1.165, 1.54) is 38.5 Å². The number of hydrogen-bond acceptors (Lipinski definition) is 2. The minimum absolute atomic E-state index is 0.244. The minimum atomic E-state index is -0.244.